The van der Waals surface area contributed by atoms with Crippen LogP contribution in [0.15, 0.2) is 0 Å². The molecule has 0 saturated carbocycles. The second-order valence-corrected chi connectivity index (χ2v) is 5.92. The minimum Gasteiger partial charge on any atom is -0.354 e. The van der Waals surface area contributed by atoms with Crippen LogP contribution in [0.1, 0.15) is 38.2 Å². The Kier molecular flexibility index (Phi) is 3.36. The SMILES string of the molecule is CCc1nc(N2CCCC(C)C2)c2c(n1)c(C)nn2C. The lowest BCUT2D eigenvalue weighted by Gasteiger charge is -2.32. The minimum atomic E-state index is 0.730. The third kappa shape index (κ3) is 2.15. The molecule has 1 unspecified atom stereocenters. The molecule has 0 N–H and O–H groups in total. The van der Waals surface area contributed by atoms with Gasteiger partial charge < -0.3 is 4.90 Å². The van der Waals surface area contributed by atoms with Gasteiger partial charge in [0.1, 0.15) is 16.9 Å². The number of piperidine rings is 1. The van der Waals surface area contributed by atoms with Crippen molar-refractivity contribution in [2.75, 3.05) is 18.0 Å². The monoisotopic (exact) mass is 273 g/mol. The number of anilines is 1. The standard InChI is InChI=1S/C15H23N5/c1-5-12-16-13-11(3)18-19(4)14(13)15(17-12)20-8-6-7-10(2)9-20/h10H,5-9H2,1-4H3. The van der Waals surface area contributed by atoms with E-state index in [0.29, 0.717) is 0 Å². The van der Waals surface area contributed by atoms with Crippen molar-refractivity contribution in [1.82, 2.24) is 19.7 Å². The highest BCUT2D eigenvalue weighted by molar-refractivity contribution is 5.88. The molecule has 0 amide bonds. The van der Waals surface area contributed by atoms with Gasteiger partial charge in [-0.2, -0.15) is 5.10 Å². The summed E-state index contributed by atoms with van der Waals surface area (Å²) in [5.41, 5.74) is 3.08. The molecule has 5 nitrogen and oxygen atoms in total. The molecule has 108 valence electrons. The zero-order valence-electron chi connectivity index (χ0n) is 12.8. The Morgan fingerprint density at radius 1 is 1.30 bits per heavy atom. The lowest BCUT2D eigenvalue weighted by Crippen LogP contribution is -2.35. The second kappa shape index (κ2) is 5.04. The van der Waals surface area contributed by atoms with Crippen LogP contribution >= 0.6 is 0 Å². The van der Waals surface area contributed by atoms with Gasteiger partial charge in [-0.1, -0.05) is 13.8 Å². The summed E-state index contributed by atoms with van der Waals surface area (Å²) in [4.78, 5) is 11.9. The first-order chi connectivity index (χ1) is 9.60. The molecule has 20 heavy (non-hydrogen) atoms. The zero-order valence-corrected chi connectivity index (χ0v) is 12.8. The van der Waals surface area contributed by atoms with E-state index >= 15 is 0 Å². The Morgan fingerprint density at radius 2 is 2.10 bits per heavy atom. The van der Waals surface area contributed by atoms with Crippen LogP contribution in [0.5, 0.6) is 0 Å². The van der Waals surface area contributed by atoms with Gasteiger partial charge in [-0.3, -0.25) is 4.68 Å². The van der Waals surface area contributed by atoms with Gasteiger partial charge in [0.05, 0.1) is 5.69 Å². The molecule has 1 aliphatic heterocycles. The van der Waals surface area contributed by atoms with Crippen molar-refractivity contribution in [2.24, 2.45) is 13.0 Å². The summed E-state index contributed by atoms with van der Waals surface area (Å²) in [6.07, 6.45) is 3.42. The maximum absolute atomic E-state index is 4.81. The molecule has 0 aromatic carbocycles. The molecule has 2 aromatic rings. The summed E-state index contributed by atoms with van der Waals surface area (Å²) in [5.74, 6) is 2.72. The van der Waals surface area contributed by atoms with Crippen molar-refractivity contribution < 1.29 is 0 Å². The van der Waals surface area contributed by atoms with E-state index < -0.39 is 0 Å². The Labute approximate surface area is 120 Å². The van der Waals surface area contributed by atoms with Gasteiger partial charge in [-0.15, -0.1) is 0 Å². The first-order valence-corrected chi connectivity index (χ1v) is 7.55. The average molecular weight is 273 g/mol. The molecule has 5 heteroatoms. The maximum atomic E-state index is 4.81. The molecule has 1 atom stereocenters. The van der Waals surface area contributed by atoms with Gasteiger partial charge in [-0.05, 0) is 25.7 Å². The van der Waals surface area contributed by atoms with Crippen LogP contribution in [0.2, 0.25) is 0 Å². The highest BCUT2D eigenvalue weighted by Crippen LogP contribution is 2.29. The lowest BCUT2D eigenvalue weighted by molar-refractivity contribution is 0.444. The topological polar surface area (TPSA) is 46.8 Å². The third-order valence-electron chi connectivity index (χ3n) is 4.15. The minimum absolute atomic E-state index is 0.730. The van der Waals surface area contributed by atoms with Gasteiger partial charge in [0.2, 0.25) is 0 Å². The average Bonchev–Trinajstić information content (AvgIpc) is 2.73. The molecule has 0 bridgehead atoms. The number of fused-ring (bicyclic) bond motifs is 1. The molecule has 0 spiro atoms. The quantitative estimate of drug-likeness (QED) is 0.843. The van der Waals surface area contributed by atoms with E-state index in [1.165, 1.54) is 12.8 Å². The smallest absolute Gasteiger partial charge is 0.158 e. The molecular formula is C15H23N5. The van der Waals surface area contributed by atoms with Crippen molar-refractivity contribution >= 4 is 16.9 Å². The van der Waals surface area contributed by atoms with Gasteiger partial charge in [0.15, 0.2) is 5.82 Å². The highest BCUT2D eigenvalue weighted by Gasteiger charge is 2.23. The van der Waals surface area contributed by atoms with Crippen LogP contribution in [-0.4, -0.2) is 32.8 Å². The summed E-state index contributed by atoms with van der Waals surface area (Å²) in [6.45, 7) is 8.62. The predicted molar refractivity (Wildman–Crippen MR) is 81.0 cm³/mol. The molecule has 3 heterocycles. The first-order valence-electron chi connectivity index (χ1n) is 7.55. The van der Waals surface area contributed by atoms with Gasteiger partial charge in [-0.25, -0.2) is 9.97 Å². The molecular weight excluding hydrogens is 250 g/mol. The number of rotatable bonds is 2. The fourth-order valence-electron chi connectivity index (χ4n) is 3.12. The Balaban J connectivity index is 2.17. The summed E-state index contributed by atoms with van der Waals surface area (Å²) in [5, 5.41) is 4.53. The van der Waals surface area contributed by atoms with E-state index in [-0.39, 0.29) is 0 Å². The molecule has 1 fully saturated rings. The van der Waals surface area contributed by atoms with E-state index in [9.17, 15) is 0 Å². The number of aryl methyl sites for hydroxylation is 3. The maximum Gasteiger partial charge on any atom is 0.158 e. The van der Waals surface area contributed by atoms with Crippen molar-refractivity contribution in [3.63, 3.8) is 0 Å². The molecule has 0 radical (unpaired) electrons. The van der Waals surface area contributed by atoms with Crippen molar-refractivity contribution in [1.29, 1.82) is 0 Å². The van der Waals surface area contributed by atoms with E-state index in [1.807, 2.05) is 18.7 Å². The summed E-state index contributed by atoms with van der Waals surface area (Å²) in [7, 11) is 1.99. The van der Waals surface area contributed by atoms with Crippen molar-refractivity contribution in [2.45, 2.75) is 40.0 Å². The van der Waals surface area contributed by atoms with Crippen LogP contribution in [0.4, 0.5) is 5.82 Å². The first kappa shape index (κ1) is 13.3. The second-order valence-electron chi connectivity index (χ2n) is 5.92. The van der Waals surface area contributed by atoms with E-state index in [2.05, 4.69) is 28.8 Å². The zero-order chi connectivity index (χ0) is 14.3. The number of hydrogen-bond acceptors (Lipinski definition) is 4. The van der Waals surface area contributed by atoms with Crippen LogP contribution in [0.25, 0.3) is 11.0 Å². The fraction of sp³-hybridized carbons (Fsp3) is 0.667. The Morgan fingerprint density at radius 3 is 2.80 bits per heavy atom. The van der Waals surface area contributed by atoms with Crippen LogP contribution in [0, 0.1) is 12.8 Å². The summed E-state index contributed by atoms with van der Waals surface area (Å²) < 4.78 is 1.93. The molecule has 2 aromatic heterocycles. The molecule has 3 rings (SSSR count). The fourth-order valence-corrected chi connectivity index (χ4v) is 3.12. The highest BCUT2D eigenvalue weighted by atomic mass is 15.3. The van der Waals surface area contributed by atoms with Crippen molar-refractivity contribution in [3.05, 3.63) is 11.5 Å². The number of hydrogen-bond donors (Lipinski definition) is 0. The van der Waals surface area contributed by atoms with E-state index in [1.54, 1.807) is 0 Å². The summed E-state index contributed by atoms with van der Waals surface area (Å²) >= 11 is 0. The predicted octanol–water partition coefficient (Wildman–Crippen LogP) is 2.47. The van der Waals surface area contributed by atoms with Gasteiger partial charge in [0.25, 0.3) is 0 Å². The normalized spacial score (nSPS) is 19.8. The van der Waals surface area contributed by atoms with Crippen LogP contribution in [-0.2, 0) is 13.5 Å². The van der Waals surface area contributed by atoms with Gasteiger partial charge >= 0.3 is 0 Å². The molecule has 0 aliphatic carbocycles. The third-order valence-corrected chi connectivity index (χ3v) is 4.15. The molecule has 1 aliphatic rings. The Bertz CT molecular complexity index is 631. The van der Waals surface area contributed by atoms with Crippen LogP contribution < -0.4 is 4.90 Å². The number of nitrogens with zero attached hydrogens (tertiary/aromatic N) is 5. The van der Waals surface area contributed by atoms with Crippen molar-refractivity contribution in [3.8, 4) is 0 Å². The van der Waals surface area contributed by atoms with E-state index in [0.717, 1.165) is 53.8 Å². The lowest BCUT2D eigenvalue weighted by atomic mass is 10.0. The number of aromatic nitrogens is 4. The van der Waals surface area contributed by atoms with Gasteiger partial charge in [0, 0.05) is 26.6 Å². The molecule has 1 saturated heterocycles. The van der Waals surface area contributed by atoms with Crippen LogP contribution in [0.3, 0.4) is 0 Å². The largest absolute Gasteiger partial charge is 0.354 e. The Hall–Kier alpha value is -1.65. The summed E-state index contributed by atoms with van der Waals surface area (Å²) in [6, 6.07) is 0. The van der Waals surface area contributed by atoms with E-state index in [4.69, 9.17) is 4.98 Å².